The summed E-state index contributed by atoms with van der Waals surface area (Å²) in [6, 6.07) is 3.64. The van der Waals surface area contributed by atoms with Crippen molar-refractivity contribution in [2.45, 2.75) is 70.2 Å². The van der Waals surface area contributed by atoms with Gasteiger partial charge in [-0.1, -0.05) is 6.07 Å². The second-order valence-electron chi connectivity index (χ2n) is 6.66. The SMILES string of the molecule is C[C@H](NC(=O)NCc1cccnc1OC1CCCC1)[C@@H]1CCCO1. The zero-order valence-corrected chi connectivity index (χ0v) is 14.3. The molecule has 132 valence electrons. The Bertz CT molecular complexity index is 540. The second-order valence-corrected chi connectivity index (χ2v) is 6.66. The van der Waals surface area contributed by atoms with Crippen LogP contribution in [0.25, 0.3) is 0 Å². The van der Waals surface area contributed by atoms with Crippen LogP contribution in [0.3, 0.4) is 0 Å². The third kappa shape index (κ3) is 4.60. The number of nitrogens with one attached hydrogen (secondary N) is 2. The minimum Gasteiger partial charge on any atom is -0.474 e. The van der Waals surface area contributed by atoms with Crippen molar-refractivity contribution in [3.63, 3.8) is 0 Å². The largest absolute Gasteiger partial charge is 0.474 e. The predicted octanol–water partition coefficient (Wildman–Crippen LogP) is 2.77. The molecule has 1 aliphatic heterocycles. The van der Waals surface area contributed by atoms with Crippen molar-refractivity contribution in [1.82, 2.24) is 15.6 Å². The third-order valence-corrected chi connectivity index (χ3v) is 4.75. The Morgan fingerprint density at radius 2 is 2.21 bits per heavy atom. The second kappa shape index (κ2) is 8.33. The summed E-state index contributed by atoms with van der Waals surface area (Å²) in [6.07, 6.45) is 8.78. The van der Waals surface area contributed by atoms with Crippen molar-refractivity contribution < 1.29 is 14.3 Å². The molecule has 2 amide bonds. The molecule has 2 N–H and O–H groups in total. The van der Waals surface area contributed by atoms with Gasteiger partial charge in [0.15, 0.2) is 0 Å². The molecule has 1 saturated heterocycles. The fourth-order valence-electron chi connectivity index (χ4n) is 3.35. The molecule has 1 saturated carbocycles. The molecular weight excluding hydrogens is 306 g/mol. The van der Waals surface area contributed by atoms with Crippen molar-refractivity contribution in [3.8, 4) is 5.88 Å². The van der Waals surface area contributed by atoms with E-state index < -0.39 is 0 Å². The van der Waals surface area contributed by atoms with Gasteiger partial charge in [0.2, 0.25) is 5.88 Å². The fourth-order valence-corrected chi connectivity index (χ4v) is 3.35. The molecule has 1 aromatic heterocycles. The molecular formula is C18H27N3O3. The van der Waals surface area contributed by atoms with Gasteiger partial charge in [-0.2, -0.15) is 0 Å². The number of amides is 2. The van der Waals surface area contributed by atoms with E-state index in [0.29, 0.717) is 12.4 Å². The van der Waals surface area contributed by atoms with E-state index in [4.69, 9.17) is 9.47 Å². The number of aromatic nitrogens is 1. The van der Waals surface area contributed by atoms with E-state index in [1.54, 1.807) is 6.20 Å². The van der Waals surface area contributed by atoms with Crippen LogP contribution in [0, 0.1) is 0 Å². The summed E-state index contributed by atoms with van der Waals surface area (Å²) in [5.41, 5.74) is 0.907. The molecule has 2 heterocycles. The molecule has 6 nitrogen and oxygen atoms in total. The lowest BCUT2D eigenvalue weighted by molar-refractivity contribution is 0.0860. The van der Waals surface area contributed by atoms with Crippen LogP contribution in [0.1, 0.15) is 51.0 Å². The van der Waals surface area contributed by atoms with Crippen molar-refractivity contribution in [3.05, 3.63) is 23.9 Å². The summed E-state index contributed by atoms with van der Waals surface area (Å²) in [7, 11) is 0. The van der Waals surface area contributed by atoms with Crippen LogP contribution in [0.15, 0.2) is 18.3 Å². The van der Waals surface area contributed by atoms with E-state index in [0.717, 1.165) is 37.9 Å². The lowest BCUT2D eigenvalue weighted by atomic mass is 10.1. The van der Waals surface area contributed by atoms with Gasteiger partial charge in [0.05, 0.1) is 12.1 Å². The van der Waals surface area contributed by atoms with Gasteiger partial charge in [0.1, 0.15) is 6.10 Å². The zero-order chi connectivity index (χ0) is 16.8. The highest BCUT2D eigenvalue weighted by Crippen LogP contribution is 2.24. The molecule has 6 heteroatoms. The van der Waals surface area contributed by atoms with Crippen LogP contribution in [-0.4, -0.2) is 35.9 Å². The summed E-state index contributed by atoms with van der Waals surface area (Å²) in [4.78, 5) is 16.4. The van der Waals surface area contributed by atoms with Crippen LogP contribution in [-0.2, 0) is 11.3 Å². The van der Waals surface area contributed by atoms with Gasteiger partial charge in [-0.25, -0.2) is 9.78 Å². The lowest BCUT2D eigenvalue weighted by Crippen LogP contribution is -2.45. The number of carbonyl (C=O) groups excluding carboxylic acids is 1. The molecule has 2 atom stereocenters. The first-order chi connectivity index (χ1) is 11.7. The number of ether oxygens (including phenoxy) is 2. The highest BCUT2D eigenvalue weighted by atomic mass is 16.5. The first-order valence-corrected chi connectivity index (χ1v) is 8.99. The van der Waals surface area contributed by atoms with Crippen molar-refractivity contribution >= 4 is 6.03 Å². The summed E-state index contributed by atoms with van der Waals surface area (Å²) in [5, 5.41) is 5.84. The van der Waals surface area contributed by atoms with Gasteiger partial charge in [-0.15, -0.1) is 0 Å². The number of pyridine rings is 1. The van der Waals surface area contributed by atoms with E-state index in [2.05, 4.69) is 15.6 Å². The highest BCUT2D eigenvalue weighted by molar-refractivity contribution is 5.74. The Labute approximate surface area is 143 Å². The van der Waals surface area contributed by atoms with Gasteiger partial charge >= 0.3 is 6.03 Å². The fraction of sp³-hybridized carbons (Fsp3) is 0.667. The molecule has 0 spiro atoms. The summed E-state index contributed by atoms with van der Waals surface area (Å²) >= 11 is 0. The molecule has 24 heavy (non-hydrogen) atoms. The Balaban J connectivity index is 1.49. The van der Waals surface area contributed by atoms with Gasteiger partial charge in [-0.3, -0.25) is 0 Å². The Hall–Kier alpha value is -1.82. The number of rotatable bonds is 6. The van der Waals surface area contributed by atoms with Crippen LogP contribution in [0.2, 0.25) is 0 Å². The maximum atomic E-state index is 12.1. The zero-order valence-electron chi connectivity index (χ0n) is 14.3. The van der Waals surface area contributed by atoms with Crippen molar-refractivity contribution in [2.24, 2.45) is 0 Å². The number of nitrogens with zero attached hydrogens (tertiary/aromatic N) is 1. The number of carbonyl (C=O) groups is 1. The van der Waals surface area contributed by atoms with E-state index in [1.165, 1.54) is 12.8 Å². The van der Waals surface area contributed by atoms with Crippen LogP contribution < -0.4 is 15.4 Å². The predicted molar refractivity (Wildman–Crippen MR) is 90.9 cm³/mol. The molecule has 1 aromatic rings. The van der Waals surface area contributed by atoms with E-state index in [1.807, 2.05) is 19.1 Å². The number of hydrogen-bond acceptors (Lipinski definition) is 4. The molecule has 0 unspecified atom stereocenters. The van der Waals surface area contributed by atoms with E-state index in [9.17, 15) is 4.79 Å². The minimum absolute atomic E-state index is 0.00982. The molecule has 1 aliphatic carbocycles. The molecule has 2 aliphatic rings. The first kappa shape index (κ1) is 17.0. The van der Waals surface area contributed by atoms with Gasteiger partial charge in [0.25, 0.3) is 0 Å². The number of hydrogen-bond donors (Lipinski definition) is 2. The average molecular weight is 333 g/mol. The van der Waals surface area contributed by atoms with Crippen LogP contribution >= 0.6 is 0 Å². The summed E-state index contributed by atoms with van der Waals surface area (Å²) < 4.78 is 11.6. The Morgan fingerprint density at radius 1 is 1.38 bits per heavy atom. The van der Waals surface area contributed by atoms with Gasteiger partial charge in [-0.05, 0) is 51.5 Å². The minimum atomic E-state index is -0.186. The normalized spacial score (nSPS) is 22.3. The Kier molecular flexibility index (Phi) is 5.91. The maximum absolute atomic E-state index is 12.1. The first-order valence-electron chi connectivity index (χ1n) is 8.99. The molecule has 0 bridgehead atoms. The standard InChI is InChI=1S/C18H27N3O3/c1-13(16-9-5-11-23-16)21-18(22)20-12-14-6-4-10-19-17(14)24-15-7-2-3-8-15/h4,6,10,13,15-16H,2-3,5,7-9,11-12H2,1H3,(H2,20,21,22)/t13-,16-/m0/s1. The van der Waals surface area contributed by atoms with E-state index >= 15 is 0 Å². The topological polar surface area (TPSA) is 72.5 Å². The maximum Gasteiger partial charge on any atom is 0.315 e. The summed E-state index contributed by atoms with van der Waals surface area (Å²) in [6.45, 7) is 3.17. The third-order valence-electron chi connectivity index (χ3n) is 4.75. The van der Waals surface area contributed by atoms with Crippen LogP contribution in [0.5, 0.6) is 5.88 Å². The molecule has 0 aromatic carbocycles. The molecule has 0 radical (unpaired) electrons. The lowest BCUT2D eigenvalue weighted by Gasteiger charge is -2.20. The Morgan fingerprint density at radius 3 is 2.96 bits per heavy atom. The van der Waals surface area contributed by atoms with Crippen molar-refractivity contribution in [2.75, 3.05) is 6.61 Å². The molecule has 3 rings (SSSR count). The molecule has 2 fully saturated rings. The van der Waals surface area contributed by atoms with Gasteiger partial charge in [0, 0.05) is 24.9 Å². The van der Waals surface area contributed by atoms with Gasteiger partial charge < -0.3 is 20.1 Å². The monoisotopic (exact) mass is 333 g/mol. The van der Waals surface area contributed by atoms with Crippen molar-refractivity contribution in [1.29, 1.82) is 0 Å². The number of urea groups is 1. The quantitative estimate of drug-likeness (QED) is 0.840. The highest BCUT2D eigenvalue weighted by Gasteiger charge is 2.23. The summed E-state index contributed by atoms with van der Waals surface area (Å²) in [5.74, 6) is 0.636. The van der Waals surface area contributed by atoms with Crippen LogP contribution in [0.4, 0.5) is 4.79 Å². The van der Waals surface area contributed by atoms with E-state index in [-0.39, 0.29) is 24.3 Å². The smallest absolute Gasteiger partial charge is 0.315 e. The average Bonchev–Trinajstić information content (AvgIpc) is 3.27.